The summed E-state index contributed by atoms with van der Waals surface area (Å²) < 4.78 is 56.8. The monoisotopic (exact) mass is 501 g/mol. The summed E-state index contributed by atoms with van der Waals surface area (Å²) in [6, 6.07) is 13.5. The van der Waals surface area contributed by atoms with Crippen molar-refractivity contribution in [3.05, 3.63) is 72.0 Å². The van der Waals surface area contributed by atoms with Crippen LogP contribution in [0.2, 0.25) is 0 Å². The molecular weight excluding hydrogens is 483 g/mol. The molecule has 0 aliphatic carbocycles. The van der Waals surface area contributed by atoms with Crippen molar-refractivity contribution < 1.29 is 31.9 Å². The van der Waals surface area contributed by atoms with E-state index in [9.17, 15) is 18.0 Å². The number of halogens is 3. The molecule has 0 amide bonds. The molecule has 0 radical (unpaired) electrons. The van der Waals surface area contributed by atoms with Gasteiger partial charge in [0.1, 0.15) is 19.0 Å². The zero-order valence-electron chi connectivity index (χ0n) is 18.1. The van der Waals surface area contributed by atoms with Crippen LogP contribution in [-0.2, 0) is 17.4 Å². The number of rotatable bonds is 7. The van der Waals surface area contributed by atoms with Gasteiger partial charge in [0.2, 0.25) is 5.82 Å². The lowest BCUT2D eigenvalue weighted by atomic mass is 10.1. The predicted octanol–water partition coefficient (Wildman–Crippen LogP) is 5.22. The summed E-state index contributed by atoms with van der Waals surface area (Å²) in [5.74, 6) is 2.06. The van der Waals surface area contributed by atoms with E-state index in [1.165, 1.54) is 30.2 Å². The molecule has 0 bridgehead atoms. The molecule has 0 N–H and O–H groups in total. The van der Waals surface area contributed by atoms with Crippen molar-refractivity contribution in [2.75, 3.05) is 19.0 Å². The molecule has 0 saturated heterocycles. The van der Waals surface area contributed by atoms with Gasteiger partial charge in [-0.25, -0.2) is 0 Å². The van der Waals surface area contributed by atoms with Crippen LogP contribution in [0.25, 0.3) is 17.3 Å². The zero-order valence-corrected chi connectivity index (χ0v) is 18.9. The molecule has 180 valence electrons. The van der Waals surface area contributed by atoms with E-state index >= 15 is 0 Å². The summed E-state index contributed by atoms with van der Waals surface area (Å²) in [6.07, 6.45) is -2.88. The van der Waals surface area contributed by atoms with Crippen molar-refractivity contribution >= 4 is 17.5 Å². The molecule has 0 unspecified atom stereocenters. The lowest BCUT2D eigenvalue weighted by Crippen LogP contribution is -2.15. The number of fused-ring (bicyclic) bond motifs is 1. The minimum atomic E-state index is -4.41. The Morgan fingerprint density at radius 1 is 1.00 bits per heavy atom. The molecule has 4 aromatic rings. The summed E-state index contributed by atoms with van der Waals surface area (Å²) in [5.41, 5.74) is 0.456. The molecule has 11 heteroatoms. The van der Waals surface area contributed by atoms with Gasteiger partial charge in [-0.2, -0.15) is 13.2 Å². The van der Waals surface area contributed by atoms with Crippen LogP contribution >= 0.6 is 11.8 Å². The number of hydrogen-bond acceptors (Lipinski definition) is 7. The molecule has 3 heterocycles. The van der Waals surface area contributed by atoms with Crippen molar-refractivity contribution in [2.45, 2.75) is 17.8 Å². The van der Waals surface area contributed by atoms with Gasteiger partial charge in [-0.1, -0.05) is 23.9 Å². The number of hydrogen-bond donors (Lipinski definition) is 0. The number of furan rings is 1. The number of carbonyl (C=O) groups excluding carboxylic acids is 1. The highest BCUT2D eigenvalue weighted by Gasteiger charge is 2.30. The van der Waals surface area contributed by atoms with Gasteiger partial charge in [0.05, 0.1) is 23.3 Å². The van der Waals surface area contributed by atoms with E-state index in [0.717, 1.165) is 12.1 Å². The van der Waals surface area contributed by atoms with E-state index in [2.05, 4.69) is 10.2 Å². The molecule has 0 spiro atoms. The fraction of sp³-hybridized carbons (Fsp3) is 0.208. The van der Waals surface area contributed by atoms with E-state index < -0.39 is 11.7 Å². The van der Waals surface area contributed by atoms with Crippen molar-refractivity contribution in [3.63, 3.8) is 0 Å². The van der Waals surface area contributed by atoms with Gasteiger partial charge >= 0.3 is 6.18 Å². The van der Waals surface area contributed by atoms with Gasteiger partial charge in [-0.15, -0.1) is 10.2 Å². The van der Waals surface area contributed by atoms with Crippen molar-refractivity contribution in [1.29, 1.82) is 0 Å². The molecule has 2 aromatic carbocycles. The van der Waals surface area contributed by atoms with Crippen LogP contribution in [0, 0.1) is 0 Å². The number of nitrogens with zero attached hydrogens (tertiary/aromatic N) is 3. The first-order chi connectivity index (χ1) is 16.9. The second kappa shape index (κ2) is 9.49. The lowest BCUT2D eigenvalue weighted by molar-refractivity contribution is -0.137. The number of thioether (sulfide) groups is 1. The summed E-state index contributed by atoms with van der Waals surface area (Å²) in [7, 11) is 0. The van der Waals surface area contributed by atoms with Crippen LogP contribution in [0.3, 0.4) is 0 Å². The standard InChI is InChI=1S/C24H18F3N3O4S/c25-24(26,27)16-5-3-15(4-6-16)12-18(31)14-35-23-29-28-22(20-2-1-9-32-20)30(23)17-7-8-19-21(13-17)34-11-10-33-19/h1-9,13H,10-12,14H2. The molecule has 7 nitrogen and oxygen atoms in total. The molecule has 0 fully saturated rings. The minimum absolute atomic E-state index is 0.00827. The van der Waals surface area contributed by atoms with Gasteiger partial charge in [0.25, 0.3) is 0 Å². The third-order valence-electron chi connectivity index (χ3n) is 5.20. The van der Waals surface area contributed by atoms with Crippen LogP contribution in [-0.4, -0.2) is 39.5 Å². The highest BCUT2D eigenvalue weighted by atomic mass is 32.2. The predicted molar refractivity (Wildman–Crippen MR) is 121 cm³/mol. The molecule has 0 atom stereocenters. The first-order valence-electron chi connectivity index (χ1n) is 10.6. The highest BCUT2D eigenvalue weighted by Crippen LogP contribution is 2.35. The SMILES string of the molecule is O=C(CSc1nnc(-c2ccco2)n1-c1ccc2c(c1)OCCO2)Cc1ccc(C(F)(F)F)cc1. The summed E-state index contributed by atoms with van der Waals surface area (Å²) in [5, 5.41) is 8.95. The Morgan fingerprint density at radius 2 is 1.77 bits per heavy atom. The molecule has 2 aromatic heterocycles. The topological polar surface area (TPSA) is 79.4 Å². The van der Waals surface area contributed by atoms with Crippen LogP contribution in [0.1, 0.15) is 11.1 Å². The Balaban J connectivity index is 1.36. The van der Waals surface area contributed by atoms with Crippen LogP contribution in [0.15, 0.2) is 70.4 Å². The minimum Gasteiger partial charge on any atom is -0.486 e. The molecular formula is C24H18F3N3O4S. The van der Waals surface area contributed by atoms with E-state index in [1.807, 2.05) is 6.07 Å². The van der Waals surface area contributed by atoms with Crippen LogP contribution < -0.4 is 9.47 Å². The molecule has 5 rings (SSSR count). The average Bonchev–Trinajstić information content (AvgIpc) is 3.52. The number of Topliss-reactive ketones (excluding diaryl/α,β-unsaturated/α-hetero) is 1. The van der Waals surface area contributed by atoms with Gasteiger partial charge in [0, 0.05) is 12.5 Å². The van der Waals surface area contributed by atoms with Crippen LogP contribution in [0.5, 0.6) is 11.5 Å². The third-order valence-corrected chi connectivity index (χ3v) is 6.19. The Morgan fingerprint density at radius 3 is 2.49 bits per heavy atom. The fourth-order valence-corrected chi connectivity index (χ4v) is 4.38. The fourth-order valence-electron chi connectivity index (χ4n) is 3.57. The number of aromatic nitrogens is 3. The maximum absolute atomic E-state index is 12.8. The summed E-state index contributed by atoms with van der Waals surface area (Å²) in [6.45, 7) is 0.905. The second-order valence-electron chi connectivity index (χ2n) is 7.65. The van der Waals surface area contributed by atoms with Crippen molar-refractivity contribution in [1.82, 2.24) is 14.8 Å². The first kappa shape index (κ1) is 23.0. The average molecular weight is 501 g/mol. The van der Waals surface area contributed by atoms with E-state index in [1.54, 1.807) is 28.8 Å². The number of ether oxygens (including phenoxy) is 2. The Labute approximate surface area is 201 Å². The van der Waals surface area contributed by atoms with Crippen molar-refractivity contribution in [3.8, 4) is 28.8 Å². The third kappa shape index (κ3) is 5.04. The number of ketones is 1. The van der Waals surface area contributed by atoms with Crippen molar-refractivity contribution in [2.24, 2.45) is 0 Å². The zero-order chi connectivity index (χ0) is 24.4. The first-order valence-corrected chi connectivity index (χ1v) is 11.6. The van der Waals surface area contributed by atoms with Gasteiger partial charge < -0.3 is 13.9 Å². The van der Waals surface area contributed by atoms with Gasteiger partial charge in [-0.05, 0) is 42.0 Å². The molecule has 0 saturated carbocycles. The largest absolute Gasteiger partial charge is 0.486 e. The van der Waals surface area contributed by atoms with Crippen LogP contribution in [0.4, 0.5) is 13.2 Å². The second-order valence-corrected chi connectivity index (χ2v) is 8.59. The maximum Gasteiger partial charge on any atom is 0.416 e. The van der Waals surface area contributed by atoms with E-state index in [4.69, 9.17) is 13.9 Å². The van der Waals surface area contributed by atoms with E-state index in [0.29, 0.717) is 52.7 Å². The Hall–Kier alpha value is -3.73. The van der Waals surface area contributed by atoms with Gasteiger partial charge in [0.15, 0.2) is 22.4 Å². The van der Waals surface area contributed by atoms with E-state index in [-0.39, 0.29) is 18.0 Å². The molecule has 1 aliphatic rings. The summed E-state index contributed by atoms with van der Waals surface area (Å²) >= 11 is 1.18. The quantitative estimate of drug-likeness (QED) is 0.321. The lowest BCUT2D eigenvalue weighted by Gasteiger charge is -2.19. The molecule has 35 heavy (non-hydrogen) atoms. The number of alkyl halides is 3. The van der Waals surface area contributed by atoms with Gasteiger partial charge in [-0.3, -0.25) is 9.36 Å². The normalized spacial score (nSPS) is 13.1. The molecule has 1 aliphatic heterocycles. The Kier molecular flexibility index (Phi) is 6.25. The highest BCUT2D eigenvalue weighted by molar-refractivity contribution is 7.99. The maximum atomic E-state index is 12.8. The Bertz CT molecular complexity index is 1340. The summed E-state index contributed by atoms with van der Waals surface area (Å²) in [4.78, 5) is 12.6. The smallest absolute Gasteiger partial charge is 0.416 e. The number of carbonyl (C=O) groups is 1. The number of benzene rings is 2.